The second kappa shape index (κ2) is 7.22. The number of thiophene rings is 1. The number of amides is 1. The minimum absolute atomic E-state index is 0.140. The van der Waals surface area contributed by atoms with Crippen molar-refractivity contribution >= 4 is 17.4 Å². The Kier molecular flexibility index (Phi) is 5.74. The lowest BCUT2D eigenvalue weighted by Crippen LogP contribution is -2.55. The summed E-state index contributed by atoms with van der Waals surface area (Å²) in [4.78, 5) is 15.7. The molecular formula is C18H30N2O2S. The van der Waals surface area contributed by atoms with E-state index < -0.39 is 5.60 Å². The monoisotopic (exact) mass is 338 g/mol. The van der Waals surface area contributed by atoms with E-state index in [4.69, 9.17) is 4.74 Å². The molecule has 5 heteroatoms. The largest absolute Gasteiger partial charge is 0.444 e. The smallest absolute Gasteiger partial charge is 0.410 e. The predicted octanol–water partition coefficient (Wildman–Crippen LogP) is 4.50. The molecule has 1 saturated heterocycles. The van der Waals surface area contributed by atoms with Crippen molar-refractivity contribution in [3.8, 4) is 0 Å². The average Bonchev–Trinajstić information content (AvgIpc) is 2.85. The second-order valence-corrected chi connectivity index (χ2v) is 8.47. The number of hydrogen-bond acceptors (Lipinski definition) is 4. The maximum atomic E-state index is 12.4. The van der Waals surface area contributed by atoms with E-state index in [1.165, 1.54) is 10.4 Å². The first-order chi connectivity index (χ1) is 10.7. The second-order valence-electron chi connectivity index (χ2n) is 7.52. The number of likely N-dealkylation sites (tertiary alicyclic amines) is 1. The fourth-order valence-corrected chi connectivity index (χ4v) is 4.11. The molecule has 2 heterocycles. The molecule has 0 bridgehead atoms. The zero-order valence-electron chi connectivity index (χ0n) is 15.2. The molecule has 1 aromatic rings. The van der Waals surface area contributed by atoms with Crippen molar-refractivity contribution in [1.29, 1.82) is 0 Å². The minimum Gasteiger partial charge on any atom is -0.444 e. The van der Waals surface area contributed by atoms with Crippen LogP contribution < -0.4 is 5.32 Å². The number of carbonyl (C=O) groups excluding carboxylic acids is 1. The number of piperidine rings is 1. The van der Waals surface area contributed by atoms with Gasteiger partial charge in [0.2, 0.25) is 0 Å². The number of nitrogens with zero attached hydrogens (tertiary/aromatic N) is 1. The van der Waals surface area contributed by atoms with E-state index in [9.17, 15) is 4.79 Å². The first-order valence-electron chi connectivity index (χ1n) is 8.48. The zero-order valence-corrected chi connectivity index (χ0v) is 16.0. The lowest BCUT2D eigenvalue weighted by Gasteiger charge is -2.41. The third-order valence-corrected chi connectivity index (χ3v) is 5.58. The van der Waals surface area contributed by atoms with Crippen LogP contribution in [0, 0.1) is 6.92 Å². The van der Waals surface area contributed by atoms with Crippen LogP contribution in [0.15, 0.2) is 11.4 Å². The van der Waals surface area contributed by atoms with E-state index in [2.05, 4.69) is 37.5 Å². The molecule has 3 atom stereocenters. The first-order valence-corrected chi connectivity index (χ1v) is 9.36. The fraction of sp³-hybridized carbons (Fsp3) is 0.722. The van der Waals surface area contributed by atoms with Crippen LogP contribution in [0.2, 0.25) is 0 Å². The van der Waals surface area contributed by atoms with Crippen molar-refractivity contribution < 1.29 is 9.53 Å². The van der Waals surface area contributed by atoms with Gasteiger partial charge in [0.25, 0.3) is 0 Å². The number of carbonyl (C=O) groups is 1. The van der Waals surface area contributed by atoms with Crippen LogP contribution in [-0.2, 0) is 4.74 Å². The van der Waals surface area contributed by atoms with Gasteiger partial charge in [-0.25, -0.2) is 4.79 Å². The summed E-state index contributed by atoms with van der Waals surface area (Å²) in [7, 11) is 0. The molecule has 1 fully saturated rings. The van der Waals surface area contributed by atoms with Gasteiger partial charge < -0.3 is 15.0 Å². The maximum Gasteiger partial charge on any atom is 0.410 e. The molecule has 1 N–H and O–H groups in total. The summed E-state index contributed by atoms with van der Waals surface area (Å²) >= 11 is 1.79. The van der Waals surface area contributed by atoms with Gasteiger partial charge in [0, 0.05) is 29.5 Å². The van der Waals surface area contributed by atoms with Gasteiger partial charge in [-0.15, -0.1) is 11.3 Å². The molecule has 0 aromatic carbocycles. The highest BCUT2D eigenvalue weighted by molar-refractivity contribution is 7.10. The first kappa shape index (κ1) is 18.3. The highest BCUT2D eigenvalue weighted by Crippen LogP contribution is 2.27. The fourth-order valence-electron chi connectivity index (χ4n) is 3.17. The lowest BCUT2D eigenvalue weighted by atomic mass is 9.96. The Morgan fingerprint density at radius 3 is 2.74 bits per heavy atom. The zero-order chi connectivity index (χ0) is 17.2. The van der Waals surface area contributed by atoms with Crippen LogP contribution in [0.3, 0.4) is 0 Å². The van der Waals surface area contributed by atoms with Crippen LogP contribution >= 0.6 is 11.3 Å². The van der Waals surface area contributed by atoms with Crippen LogP contribution in [0.4, 0.5) is 4.79 Å². The van der Waals surface area contributed by atoms with E-state index in [1.54, 1.807) is 11.3 Å². The summed E-state index contributed by atoms with van der Waals surface area (Å²) in [5, 5.41) is 5.86. The lowest BCUT2D eigenvalue weighted by molar-refractivity contribution is 0.00645. The van der Waals surface area contributed by atoms with Gasteiger partial charge in [0.15, 0.2) is 0 Å². The number of hydrogen-bond donors (Lipinski definition) is 1. The van der Waals surface area contributed by atoms with Crippen LogP contribution in [0.1, 0.15) is 63.9 Å². The molecule has 1 aromatic heterocycles. The standard InChI is InChI=1S/C18H30N2O2S/c1-12-9-11-23-16(12)13(2)19-15-8-7-10-20(14(15)3)17(21)22-18(4,5)6/h9,11,13-15,19H,7-8,10H2,1-6H3. The summed E-state index contributed by atoms with van der Waals surface area (Å²) in [6.07, 6.45) is 1.91. The van der Waals surface area contributed by atoms with E-state index in [-0.39, 0.29) is 12.1 Å². The molecule has 0 spiro atoms. The molecule has 0 radical (unpaired) electrons. The summed E-state index contributed by atoms with van der Waals surface area (Å²) in [5.41, 5.74) is 0.890. The van der Waals surface area contributed by atoms with Gasteiger partial charge in [0.1, 0.15) is 5.60 Å². The van der Waals surface area contributed by atoms with E-state index in [0.717, 1.165) is 19.4 Å². The Hall–Kier alpha value is -1.07. The SMILES string of the molecule is Cc1ccsc1C(C)NC1CCCN(C(=O)OC(C)(C)C)C1C. The highest BCUT2D eigenvalue weighted by Gasteiger charge is 2.34. The molecule has 3 unspecified atom stereocenters. The van der Waals surface area contributed by atoms with Crippen LogP contribution in [0.25, 0.3) is 0 Å². The Balaban J connectivity index is 2.00. The Labute approximate surface area is 144 Å². The van der Waals surface area contributed by atoms with E-state index in [1.807, 2.05) is 25.7 Å². The van der Waals surface area contributed by atoms with Crippen molar-refractivity contribution in [2.24, 2.45) is 0 Å². The predicted molar refractivity (Wildman–Crippen MR) is 96.0 cm³/mol. The van der Waals surface area contributed by atoms with Crippen LogP contribution in [0.5, 0.6) is 0 Å². The van der Waals surface area contributed by atoms with Crippen molar-refractivity contribution in [2.75, 3.05) is 6.54 Å². The van der Waals surface area contributed by atoms with Gasteiger partial charge >= 0.3 is 6.09 Å². The summed E-state index contributed by atoms with van der Waals surface area (Å²) in [6.45, 7) is 13.0. The molecular weight excluding hydrogens is 308 g/mol. The topological polar surface area (TPSA) is 41.6 Å². The van der Waals surface area contributed by atoms with Crippen molar-refractivity contribution in [3.05, 3.63) is 21.9 Å². The number of rotatable bonds is 3. The molecule has 1 aliphatic rings. The third-order valence-electron chi connectivity index (χ3n) is 4.38. The van der Waals surface area contributed by atoms with Crippen molar-refractivity contribution in [1.82, 2.24) is 10.2 Å². The molecule has 0 aliphatic carbocycles. The number of nitrogens with one attached hydrogen (secondary N) is 1. The van der Waals surface area contributed by atoms with Crippen LogP contribution in [-0.4, -0.2) is 35.2 Å². The molecule has 1 aliphatic heterocycles. The summed E-state index contributed by atoms with van der Waals surface area (Å²) in [6, 6.07) is 2.91. The molecule has 130 valence electrons. The van der Waals surface area contributed by atoms with Gasteiger partial charge in [-0.05, 0) is 71.4 Å². The van der Waals surface area contributed by atoms with Gasteiger partial charge in [0.05, 0.1) is 0 Å². The minimum atomic E-state index is -0.446. The van der Waals surface area contributed by atoms with E-state index >= 15 is 0 Å². The highest BCUT2D eigenvalue weighted by atomic mass is 32.1. The summed E-state index contributed by atoms with van der Waals surface area (Å²) < 4.78 is 5.55. The quantitative estimate of drug-likeness (QED) is 0.882. The van der Waals surface area contributed by atoms with Gasteiger partial charge in [-0.1, -0.05) is 0 Å². The summed E-state index contributed by atoms with van der Waals surface area (Å²) in [5.74, 6) is 0. The van der Waals surface area contributed by atoms with Crippen molar-refractivity contribution in [2.45, 2.75) is 78.1 Å². The van der Waals surface area contributed by atoms with Gasteiger partial charge in [-0.3, -0.25) is 0 Å². The molecule has 0 saturated carbocycles. The Morgan fingerprint density at radius 1 is 1.48 bits per heavy atom. The number of ether oxygens (including phenoxy) is 1. The molecule has 23 heavy (non-hydrogen) atoms. The van der Waals surface area contributed by atoms with Gasteiger partial charge in [-0.2, -0.15) is 0 Å². The molecule has 2 rings (SSSR count). The molecule has 4 nitrogen and oxygen atoms in total. The van der Waals surface area contributed by atoms with Crippen molar-refractivity contribution in [3.63, 3.8) is 0 Å². The average molecular weight is 339 g/mol. The number of aryl methyl sites for hydroxylation is 1. The molecule has 1 amide bonds. The third kappa shape index (κ3) is 4.70. The Morgan fingerprint density at radius 2 is 2.17 bits per heavy atom. The van der Waals surface area contributed by atoms with E-state index in [0.29, 0.717) is 12.1 Å². The Bertz CT molecular complexity index is 535. The maximum absolute atomic E-state index is 12.4. The normalized spacial score (nSPS) is 23.7.